The smallest absolute Gasteiger partial charge is 0.410 e. The third kappa shape index (κ3) is 5.61. The zero-order valence-corrected chi connectivity index (χ0v) is 20.0. The van der Waals surface area contributed by atoms with Crippen LogP contribution in [0.3, 0.4) is 0 Å². The van der Waals surface area contributed by atoms with Crippen LogP contribution in [0.15, 0.2) is 30.5 Å². The van der Waals surface area contributed by atoms with Gasteiger partial charge in [0.25, 0.3) is 0 Å². The van der Waals surface area contributed by atoms with E-state index in [2.05, 4.69) is 22.1 Å². The van der Waals surface area contributed by atoms with E-state index in [0.29, 0.717) is 25.5 Å². The molecule has 0 saturated carbocycles. The highest BCUT2D eigenvalue weighted by Gasteiger charge is 2.38. The summed E-state index contributed by atoms with van der Waals surface area (Å²) in [4.78, 5) is 37.2. The molecule has 1 aliphatic rings. The van der Waals surface area contributed by atoms with Gasteiger partial charge in [0, 0.05) is 13.1 Å². The lowest BCUT2D eigenvalue weighted by Gasteiger charge is -2.41. The van der Waals surface area contributed by atoms with Gasteiger partial charge >= 0.3 is 6.09 Å². The highest BCUT2D eigenvalue weighted by molar-refractivity contribution is 7.99. The molecule has 2 atom stereocenters. The Bertz CT molecular complexity index is 920. The molecule has 1 aliphatic heterocycles. The topological polar surface area (TPSA) is 78.5 Å². The molecule has 0 radical (unpaired) electrons. The Morgan fingerprint density at radius 2 is 1.90 bits per heavy atom. The summed E-state index contributed by atoms with van der Waals surface area (Å²) in [6, 6.07) is 7.83. The van der Waals surface area contributed by atoms with Gasteiger partial charge in [0.05, 0.1) is 23.7 Å². The summed E-state index contributed by atoms with van der Waals surface area (Å²) in [7, 11) is 0. The van der Waals surface area contributed by atoms with Crippen LogP contribution in [0.1, 0.15) is 45.1 Å². The first kappa shape index (κ1) is 23.2. The zero-order chi connectivity index (χ0) is 22.8. The second kappa shape index (κ2) is 9.34. The molecule has 1 fully saturated rings. The number of piperazine rings is 1. The number of rotatable bonds is 4. The molecule has 1 saturated heterocycles. The van der Waals surface area contributed by atoms with Crippen molar-refractivity contribution in [2.24, 2.45) is 0 Å². The molecule has 7 nitrogen and oxygen atoms in total. The number of benzene rings is 1. The molecule has 8 heteroatoms. The lowest BCUT2D eigenvalue weighted by atomic mass is 10.1. The van der Waals surface area contributed by atoms with Gasteiger partial charge in [-0.15, -0.1) is 0 Å². The monoisotopic (exact) mass is 444 g/mol. The van der Waals surface area contributed by atoms with Crippen LogP contribution in [-0.2, 0) is 9.53 Å². The van der Waals surface area contributed by atoms with E-state index in [9.17, 15) is 9.59 Å². The average Bonchev–Trinajstić information content (AvgIpc) is 3.21. The highest BCUT2D eigenvalue weighted by Crippen LogP contribution is 2.29. The molecule has 1 aromatic carbocycles. The first-order valence-electron chi connectivity index (χ1n) is 10.5. The van der Waals surface area contributed by atoms with Crippen LogP contribution in [-0.4, -0.2) is 68.5 Å². The predicted octanol–water partition coefficient (Wildman–Crippen LogP) is 4.26. The van der Waals surface area contributed by atoms with Crippen molar-refractivity contribution in [3.05, 3.63) is 41.9 Å². The van der Waals surface area contributed by atoms with Gasteiger partial charge in [-0.25, -0.2) is 9.78 Å². The Labute approximate surface area is 188 Å². The number of amides is 2. The second-order valence-corrected chi connectivity index (χ2v) is 10.1. The molecule has 0 bridgehead atoms. The summed E-state index contributed by atoms with van der Waals surface area (Å²) < 4.78 is 5.56. The molecule has 2 heterocycles. The number of carbonyl (C=O) groups excluding carboxylic acids is 2. The number of nitrogens with zero attached hydrogens (tertiary/aromatic N) is 3. The lowest BCUT2D eigenvalue weighted by molar-refractivity contribution is -0.135. The predicted molar refractivity (Wildman–Crippen MR) is 124 cm³/mol. The largest absolute Gasteiger partial charge is 0.444 e. The summed E-state index contributed by atoms with van der Waals surface area (Å²) in [5.74, 6) is 0.722. The molecular formula is C23H32N4O3S. The number of hydrogen-bond donors (Lipinski definition) is 1. The van der Waals surface area contributed by atoms with E-state index in [0.717, 1.165) is 11.3 Å². The fraction of sp³-hybridized carbons (Fsp3) is 0.522. The second-order valence-electron chi connectivity index (χ2n) is 8.90. The Hall–Kier alpha value is -2.48. The van der Waals surface area contributed by atoms with Crippen molar-refractivity contribution in [3.63, 3.8) is 0 Å². The number of hydrogen-bond acceptors (Lipinski definition) is 5. The third-order valence-corrected chi connectivity index (χ3v) is 6.20. The maximum Gasteiger partial charge on any atom is 0.410 e. The summed E-state index contributed by atoms with van der Waals surface area (Å²) in [6.45, 7) is 10.7. The Kier molecular flexibility index (Phi) is 6.99. The maximum atomic E-state index is 13.1. The van der Waals surface area contributed by atoms with Gasteiger partial charge in [0.15, 0.2) is 0 Å². The van der Waals surface area contributed by atoms with Crippen LogP contribution in [0.2, 0.25) is 0 Å². The van der Waals surface area contributed by atoms with Crippen molar-refractivity contribution < 1.29 is 14.3 Å². The number of aromatic amines is 1. The van der Waals surface area contributed by atoms with Crippen LogP contribution >= 0.6 is 11.8 Å². The standard InChI is InChI=1S/C23H32N4O3S/c1-15-7-9-17(10-8-15)18-13-24-20(25-18)19-14-26(22(29)30-23(3,4)5)11-12-27(19)21(28)16(2)31-6/h7-10,13,16,19H,11-12,14H2,1-6H3,(H,24,25). The van der Waals surface area contributed by atoms with Crippen LogP contribution in [0.25, 0.3) is 11.3 Å². The molecule has 1 aromatic heterocycles. The molecule has 168 valence electrons. The van der Waals surface area contributed by atoms with Crippen molar-refractivity contribution in [2.75, 3.05) is 25.9 Å². The van der Waals surface area contributed by atoms with Gasteiger partial charge in [0.2, 0.25) is 5.91 Å². The van der Waals surface area contributed by atoms with Gasteiger partial charge in [-0.1, -0.05) is 29.8 Å². The molecule has 2 aromatic rings. The van der Waals surface area contributed by atoms with Crippen LogP contribution < -0.4 is 0 Å². The van der Waals surface area contributed by atoms with E-state index < -0.39 is 5.60 Å². The van der Waals surface area contributed by atoms with E-state index in [1.165, 1.54) is 17.3 Å². The van der Waals surface area contributed by atoms with Crippen LogP contribution in [0.5, 0.6) is 0 Å². The van der Waals surface area contributed by atoms with E-state index in [1.54, 1.807) is 11.1 Å². The Morgan fingerprint density at radius 3 is 2.52 bits per heavy atom. The van der Waals surface area contributed by atoms with Gasteiger partial charge in [-0.05, 0) is 46.4 Å². The van der Waals surface area contributed by atoms with Crippen LogP contribution in [0.4, 0.5) is 4.79 Å². The van der Waals surface area contributed by atoms with E-state index >= 15 is 0 Å². The SMILES string of the molecule is CSC(C)C(=O)N1CCN(C(=O)OC(C)(C)C)CC1c1ncc(-c2ccc(C)cc2)[nH]1. The van der Waals surface area contributed by atoms with Gasteiger partial charge < -0.3 is 19.5 Å². The summed E-state index contributed by atoms with van der Waals surface area (Å²) in [5.41, 5.74) is 2.52. The Balaban J connectivity index is 1.88. The van der Waals surface area contributed by atoms with Crippen LogP contribution in [0, 0.1) is 6.92 Å². The Morgan fingerprint density at radius 1 is 1.23 bits per heavy atom. The van der Waals surface area contributed by atoms with Crippen molar-refractivity contribution in [3.8, 4) is 11.3 Å². The minimum atomic E-state index is -0.573. The lowest BCUT2D eigenvalue weighted by Crippen LogP contribution is -2.54. The number of aromatic nitrogens is 2. The molecule has 2 amide bonds. The number of ether oxygens (including phenoxy) is 1. The minimum Gasteiger partial charge on any atom is -0.444 e. The van der Waals surface area contributed by atoms with Gasteiger partial charge in [-0.3, -0.25) is 4.79 Å². The number of H-pyrrole nitrogens is 1. The normalized spacial score (nSPS) is 18.1. The first-order valence-corrected chi connectivity index (χ1v) is 11.8. The summed E-state index contributed by atoms with van der Waals surface area (Å²) in [6.07, 6.45) is 3.34. The molecule has 3 rings (SSSR count). The molecule has 2 unspecified atom stereocenters. The maximum absolute atomic E-state index is 13.1. The van der Waals surface area contributed by atoms with E-state index in [4.69, 9.17) is 4.74 Å². The molecule has 0 spiro atoms. The summed E-state index contributed by atoms with van der Waals surface area (Å²) in [5, 5.41) is -0.165. The van der Waals surface area contributed by atoms with Crippen molar-refractivity contribution >= 4 is 23.8 Å². The average molecular weight is 445 g/mol. The summed E-state index contributed by atoms with van der Waals surface area (Å²) >= 11 is 1.52. The molecular weight excluding hydrogens is 412 g/mol. The first-order chi connectivity index (χ1) is 14.6. The van der Waals surface area contributed by atoms with E-state index in [-0.39, 0.29) is 23.3 Å². The quantitative estimate of drug-likeness (QED) is 0.762. The fourth-order valence-corrected chi connectivity index (χ4v) is 3.83. The fourth-order valence-electron chi connectivity index (χ4n) is 3.49. The van der Waals surface area contributed by atoms with Gasteiger partial charge in [-0.2, -0.15) is 11.8 Å². The molecule has 31 heavy (non-hydrogen) atoms. The third-order valence-electron chi connectivity index (χ3n) is 5.29. The van der Waals surface area contributed by atoms with Crippen molar-refractivity contribution in [2.45, 2.75) is 51.5 Å². The number of thioether (sulfide) groups is 1. The number of aryl methyl sites for hydroxylation is 1. The zero-order valence-electron chi connectivity index (χ0n) is 19.1. The van der Waals surface area contributed by atoms with Gasteiger partial charge in [0.1, 0.15) is 17.5 Å². The number of imidazole rings is 1. The number of nitrogens with one attached hydrogen (secondary N) is 1. The van der Waals surface area contributed by atoms with E-state index in [1.807, 2.05) is 57.9 Å². The van der Waals surface area contributed by atoms with Crippen molar-refractivity contribution in [1.29, 1.82) is 0 Å². The molecule has 1 N–H and O–H groups in total. The van der Waals surface area contributed by atoms with Crippen molar-refractivity contribution in [1.82, 2.24) is 19.8 Å². The minimum absolute atomic E-state index is 0.0506. The molecule has 0 aliphatic carbocycles. The highest BCUT2D eigenvalue weighted by atomic mass is 32.2. The number of carbonyl (C=O) groups is 2.